The van der Waals surface area contributed by atoms with Gasteiger partial charge in [0.25, 0.3) is 5.91 Å². The zero-order valence-corrected chi connectivity index (χ0v) is 17.0. The predicted octanol–water partition coefficient (Wildman–Crippen LogP) is 3.90. The number of hydrogen-bond acceptors (Lipinski definition) is 2. The Bertz CT molecular complexity index is 807. The number of piperidine rings is 1. The molecule has 2 N–H and O–H groups in total. The summed E-state index contributed by atoms with van der Waals surface area (Å²) < 4.78 is 1.02. The van der Waals surface area contributed by atoms with E-state index in [0.29, 0.717) is 18.7 Å². The summed E-state index contributed by atoms with van der Waals surface area (Å²) in [7, 11) is 1.66. The van der Waals surface area contributed by atoms with Gasteiger partial charge in [-0.15, -0.1) is 0 Å². The van der Waals surface area contributed by atoms with Crippen molar-refractivity contribution in [1.29, 1.82) is 0 Å². The van der Waals surface area contributed by atoms with Crippen LogP contribution < -0.4 is 10.6 Å². The van der Waals surface area contributed by atoms with Crippen molar-refractivity contribution in [3.63, 3.8) is 0 Å². The second kappa shape index (κ2) is 9.04. The van der Waals surface area contributed by atoms with Crippen LogP contribution in [0.3, 0.4) is 0 Å². The molecule has 1 heterocycles. The Labute approximate surface area is 168 Å². The van der Waals surface area contributed by atoms with Crippen LogP contribution in [0.1, 0.15) is 40.2 Å². The first-order chi connectivity index (χ1) is 13.1. The second-order valence-corrected chi connectivity index (χ2v) is 7.69. The van der Waals surface area contributed by atoms with Crippen LogP contribution in [0.25, 0.3) is 0 Å². The van der Waals surface area contributed by atoms with E-state index in [0.717, 1.165) is 35.0 Å². The minimum Gasteiger partial charge on any atom is -0.348 e. The highest BCUT2D eigenvalue weighted by atomic mass is 79.9. The van der Waals surface area contributed by atoms with Crippen LogP contribution in [-0.2, 0) is 6.54 Å². The van der Waals surface area contributed by atoms with Gasteiger partial charge in [-0.1, -0.05) is 40.2 Å². The summed E-state index contributed by atoms with van der Waals surface area (Å²) in [6.07, 6.45) is 2.00. The number of hydrogen-bond donors (Lipinski definition) is 2. The van der Waals surface area contributed by atoms with E-state index in [9.17, 15) is 9.59 Å². The first kappa shape index (κ1) is 19.4. The number of rotatable bonds is 4. The summed E-state index contributed by atoms with van der Waals surface area (Å²) >= 11 is 3.41. The Morgan fingerprint density at radius 1 is 1.19 bits per heavy atom. The van der Waals surface area contributed by atoms with E-state index < -0.39 is 0 Å². The topological polar surface area (TPSA) is 61.4 Å². The van der Waals surface area contributed by atoms with E-state index in [-0.39, 0.29) is 17.9 Å². The Hall–Kier alpha value is -2.34. The molecule has 0 saturated carbocycles. The number of halogens is 1. The molecule has 1 fully saturated rings. The van der Waals surface area contributed by atoms with Crippen molar-refractivity contribution < 1.29 is 9.59 Å². The highest BCUT2D eigenvalue weighted by molar-refractivity contribution is 9.10. The molecule has 1 aliphatic heterocycles. The smallest absolute Gasteiger partial charge is 0.317 e. The molecule has 0 spiro atoms. The number of likely N-dealkylation sites (tertiary alicyclic amines) is 1. The lowest BCUT2D eigenvalue weighted by Gasteiger charge is -2.32. The SMILES string of the molecule is CNC(=O)N1CCCC(c2cccc(C(=O)NCc3ccc(Br)cc3)c2)C1. The first-order valence-electron chi connectivity index (χ1n) is 9.16. The number of amides is 3. The molecule has 0 aromatic heterocycles. The van der Waals surface area contributed by atoms with Crippen molar-refractivity contribution in [2.24, 2.45) is 0 Å². The van der Waals surface area contributed by atoms with Gasteiger partial charge in [0, 0.05) is 42.6 Å². The van der Waals surface area contributed by atoms with Gasteiger partial charge >= 0.3 is 6.03 Å². The minimum absolute atomic E-state index is 0.0388. The van der Waals surface area contributed by atoms with Crippen molar-refractivity contribution in [1.82, 2.24) is 15.5 Å². The lowest BCUT2D eigenvalue weighted by molar-refractivity contribution is 0.0950. The maximum atomic E-state index is 12.5. The average molecular weight is 430 g/mol. The molecule has 5 nitrogen and oxygen atoms in total. The maximum Gasteiger partial charge on any atom is 0.317 e. The molecule has 1 saturated heterocycles. The normalized spacial score (nSPS) is 16.7. The molecule has 27 heavy (non-hydrogen) atoms. The summed E-state index contributed by atoms with van der Waals surface area (Å²) in [5, 5.41) is 5.66. The summed E-state index contributed by atoms with van der Waals surface area (Å²) in [6.45, 7) is 1.96. The van der Waals surface area contributed by atoms with Crippen LogP contribution in [0.4, 0.5) is 4.79 Å². The lowest BCUT2D eigenvalue weighted by atomic mass is 9.89. The van der Waals surface area contributed by atoms with Crippen LogP contribution in [-0.4, -0.2) is 37.0 Å². The molecule has 3 rings (SSSR count). The first-order valence-corrected chi connectivity index (χ1v) is 9.95. The highest BCUT2D eigenvalue weighted by Crippen LogP contribution is 2.27. The molecule has 3 amide bonds. The molecule has 1 atom stereocenters. The molecule has 1 aliphatic rings. The third-order valence-corrected chi connectivity index (χ3v) is 5.44. The Kier molecular flexibility index (Phi) is 6.50. The fraction of sp³-hybridized carbons (Fsp3) is 0.333. The average Bonchev–Trinajstić information content (AvgIpc) is 2.72. The van der Waals surface area contributed by atoms with Gasteiger partial charge in [0.2, 0.25) is 0 Å². The third-order valence-electron chi connectivity index (χ3n) is 4.91. The van der Waals surface area contributed by atoms with Crippen LogP contribution in [0.15, 0.2) is 53.0 Å². The third kappa shape index (κ3) is 5.10. The lowest BCUT2D eigenvalue weighted by Crippen LogP contribution is -2.43. The number of urea groups is 1. The highest BCUT2D eigenvalue weighted by Gasteiger charge is 2.24. The number of carbonyl (C=O) groups excluding carboxylic acids is 2. The van der Waals surface area contributed by atoms with Crippen molar-refractivity contribution in [3.8, 4) is 0 Å². The monoisotopic (exact) mass is 429 g/mol. The number of carbonyl (C=O) groups is 2. The van der Waals surface area contributed by atoms with Gasteiger partial charge in [0.1, 0.15) is 0 Å². The Morgan fingerprint density at radius 3 is 2.70 bits per heavy atom. The molecule has 142 valence electrons. The Morgan fingerprint density at radius 2 is 1.96 bits per heavy atom. The van der Waals surface area contributed by atoms with E-state index in [2.05, 4.69) is 26.6 Å². The molecular weight excluding hydrogens is 406 g/mol. The summed E-state index contributed by atoms with van der Waals surface area (Å²) in [6, 6.07) is 15.6. The maximum absolute atomic E-state index is 12.5. The van der Waals surface area contributed by atoms with Gasteiger partial charge in [0.15, 0.2) is 0 Å². The van der Waals surface area contributed by atoms with Crippen LogP contribution in [0.2, 0.25) is 0 Å². The van der Waals surface area contributed by atoms with Gasteiger partial charge in [-0.25, -0.2) is 4.79 Å². The minimum atomic E-state index is -0.0845. The van der Waals surface area contributed by atoms with Crippen LogP contribution in [0.5, 0.6) is 0 Å². The molecule has 2 aromatic carbocycles. The molecule has 0 bridgehead atoms. The Balaban J connectivity index is 1.64. The van der Waals surface area contributed by atoms with E-state index in [4.69, 9.17) is 0 Å². The van der Waals surface area contributed by atoms with E-state index in [1.165, 1.54) is 0 Å². The molecule has 6 heteroatoms. The van der Waals surface area contributed by atoms with E-state index >= 15 is 0 Å². The summed E-state index contributed by atoms with van der Waals surface area (Å²) in [5.41, 5.74) is 2.82. The zero-order valence-electron chi connectivity index (χ0n) is 15.4. The van der Waals surface area contributed by atoms with Crippen molar-refractivity contribution >= 4 is 27.9 Å². The largest absolute Gasteiger partial charge is 0.348 e. The van der Waals surface area contributed by atoms with Crippen molar-refractivity contribution in [2.45, 2.75) is 25.3 Å². The van der Waals surface area contributed by atoms with Gasteiger partial charge in [-0.2, -0.15) is 0 Å². The van der Waals surface area contributed by atoms with E-state index in [1.54, 1.807) is 7.05 Å². The number of nitrogens with zero attached hydrogens (tertiary/aromatic N) is 1. The van der Waals surface area contributed by atoms with Crippen molar-refractivity contribution in [3.05, 3.63) is 69.7 Å². The molecule has 1 unspecified atom stereocenters. The van der Waals surface area contributed by atoms with E-state index in [1.807, 2.05) is 53.4 Å². The van der Waals surface area contributed by atoms with Gasteiger partial charge in [-0.05, 0) is 48.2 Å². The fourth-order valence-electron chi connectivity index (χ4n) is 3.41. The van der Waals surface area contributed by atoms with Crippen LogP contribution >= 0.6 is 15.9 Å². The predicted molar refractivity (Wildman–Crippen MR) is 110 cm³/mol. The second-order valence-electron chi connectivity index (χ2n) is 6.77. The number of nitrogens with one attached hydrogen (secondary N) is 2. The zero-order chi connectivity index (χ0) is 19.2. The van der Waals surface area contributed by atoms with Crippen molar-refractivity contribution in [2.75, 3.05) is 20.1 Å². The number of benzene rings is 2. The van der Waals surface area contributed by atoms with Crippen LogP contribution in [0, 0.1) is 0 Å². The van der Waals surface area contributed by atoms with Gasteiger partial charge in [-0.3, -0.25) is 4.79 Å². The van der Waals surface area contributed by atoms with Gasteiger partial charge in [0.05, 0.1) is 0 Å². The fourth-order valence-corrected chi connectivity index (χ4v) is 3.68. The molecule has 0 aliphatic carbocycles. The molecular formula is C21H24BrN3O2. The quantitative estimate of drug-likeness (QED) is 0.773. The molecule has 2 aromatic rings. The standard InChI is InChI=1S/C21H24BrN3O2/c1-23-21(27)25-11-3-6-18(14-25)16-4-2-5-17(12-16)20(26)24-13-15-7-9-19(22)10-8-15/h2,4-5,7-10,12,18H,3,6,11,13-14H2,1H3,(H,23,27)(H,24,26). The molecule has 0 radical (unpaired) electrons. The van der Waals surface area contributed by atoms with Gasteiger partial charge < -0.3 is 15.5 Å². The summed E-state index contributed by atoms with van der Waals surface area (Å²) in [5.74, 6) is 0.175. The summed E-state index contributed by atoms with van der Waals surface area (Å²) in [4.78, 5) is 26.3.